The molecule has 1 N–H and O–H groups in total. The maximum Gasteiger partial charge on any atom is 0.321 e. The van der Waals surface area contributed by atoms with E-state index in [4.69, 9.17) is 16.3 Å². The lowest BCUT2D eigenvalue weighted by Crippen LogP contribution is -2.50. The van der Waals surface area contributed by atoms with Gasteiger partial charge in [-0.1, -0.05) is 11.6 Å². The Hall–Kier alpha value is -1.37. The number of hydrogen-bond donors (Lipinski definition) is 1. The molecular formula is C16H21ClFN3O2. The molecule has 5 nitrogen and oxygen atoms in total. The molecule has 2 aliphatic rings. The standard InChI is InChI=1S/C16H21ClFN3O2/c17-14-2-1-12(18)11-15(14)19-16(22)21-5-3-13(4-6-21)20-7-9-23-10-8-20/h1-2,11,13H,3-10H2,(H,19,22). The van der Waals surface area contributed by atoms with Crippen LogP contribution in [0.15, 0.2) is 18.2 Å². The Morgan fingerprint density at radius 1 is 1.22 bits per heavy atom. The van der Waals surface area contributed by atoms with E-state index < -0.39 is 5.82 Å². The van der Waals surface area contributed by atoms with Crippen LogP contribution in [-0.2, 0) is 4.74 Å². The fourth-order valence-corrected chi connectivity index (χ4v) is 3.33. The molecule has 2 amide bonds. The highest BCUT2D eigenvalue weighted by atomic mass is 35.5. The summed E-state index contributed by atoms with van der Waals surface area (Å²) in [5.41, 5.74) is 0.312. The number of urea groups is 1. The highest BCUT2D eigenvalue weighted by Gasteiger charge is 2.28. The Bertz CT molecular complexity index is 558. The van der Waals surface area contributed by atoms with Crippen LogP contribution < -0.4 is 5.32 Å². The van der Waals surface area contributed by atoms with Gasteiger partial charge in [-0.25, -0.2) is 9.18 Å². The number of rotatable bonds is 2. The maximum atomic E-state index is 13.3. The monoisotopic (exact) mass is 341 g/mol. The minimum Gasteiger partial charge on any atom is -0.379 e. The molecule has 0 spiro atoms. The minimum absolute atomic E-state index is 0.224. The Kier molecular flexibility index (Phi) is 5.35. The van der Waals surface area contributed by atoms with E-state index in [1.807, 2.05) is 0 Å². The average Bonchev–Trinajstić information content (AvgIpc) is 2.59. The number of nitrogens with zero attached hydrogens (tertiary/aromatic N) is 2. The molecular weight excluding hydrogens is 321 g/mol. The number of nitrogens with one attached hydrogen (secondary N) is 1. The molecule has 2 saturated heterocycles. The van der Waals surface area contributed by atoms with Crippen LogP contribution in [0.3, 0.4) is 0 Å². The molecule has 3 rings (SSSR count). The van der Waals surface area contributed by atoms with E-state index in [0.29, 0.717) is 29.8 Å². The number of anilines is 1. The van der Waals surface area contributed by atoms with Crippen molar-refractivity contribution in [2.75, 3.05) is 44.7 Å². The number of hydrogen-bond acceptors (Lipinski definition) is 3. The first kappa shape index (κ1) is 16.5. The zero-order chi connectivity index (χ0) is 16.2. The van der Waals surface area contributed by atoms with Crippen molar-refractivity contribution in [2.24, 2.45) is 0 Å². The number of carbonyl (C=O) groups is 1. The van der Waals surface area contributed by atoms with Gasteiger partial charge in [0.15, 0.2) is 0 Å². The summed E-state index contributed by atoms with van der Waals surface area (Å²) in [6.07, 6.45) is 1.90. The molecule has 7 heteroatoms. The Labute approximate surface area is 140 Å². The van der Waals surface area contributed by atoms with Crippen LogP contribution in [0.4, 0.5) is 14.9 Å². The zero-order valence-corrected chi connectivity index (χ0v) is 13.7. The third-order valence-electron chi connectivity index (χ3n) is 4.48. The summed E-state index contributed by atoms with van der Waals surface area (Å²) in [5.74, 6) is -0.421. The molecule has 2 fully saturated rings. The van der Waals surface area contributed by atoms with Crippen molar-refractivity contribution in [3.05, 3.63) is 29.0 Å². The van der Waals surface area contributed by atoms with Crippen molar-refractivity contribution in [2.45, 2.75) is 18.9 Å². The number of morpholine rings is 1. The summed E-state index contributed by atoms with van der Waals surface area (Å²) in [6.45, 7) is 4.91. The predicted octanol–water partition coefficient (Wildman–Crippen LogP) is 2.81. The molecule has 1 aromatic rings. The van der Waals surface area contributed by atoms with Crippen molar-refractivity contribution in [1.29, 1.82) is 0 Å². The second-order valence-electron chi connectivity index (χ2n) is 5.92. The second kappa shape index (κ2) is 7.47. The molecule has 0 aromatic heterocycles. The highest BCUT2D eigenvalue weighted by Crippen LogP contribution is 2.24. The lowest BCUT2D eigenvalue weighted by atomic mass is 10.0. The van der Waals surface area contributed by atoms with Gasteiger partial charge in [0, 0.05) is 32.2 Å². The van der Waals surface area contributed by atoms with Gasteiger partial charge >= 0.3 is 6.03 Å². The van der Waals surface area contributed by atoms with Gasteiger partial charge in [-0.2, -0.15) is 0 Å². The van der Waals surface area contributed by atoms with Gasteiger partial charge in [0.1, 0.15) is 5.82 Å². The van der Waals surface area contributed by atoms with E-state index in [1.165, 1.54) is 18.2 Å². The largest absolute Gasteiger partial charge is 0.379 e. The Morgan fingerprint density at radius 3 is 2.61 bits per heavy atom. The van der Waals surface area contributed by atoms with Crippen LogP contribution >= 0.6 is 11.6 Å². The molecule has 126 valence electrons. The molecule has 0 aliphatic carbocycles. The Morgan fingerprint density at radius 2 is 1.91 bits per heavy atom. The summed E-state index contributed by atoms with van der Waals surface area (Å²) in [7, 11) is 0. The second-order valence-corrected chi connectivity index (χ2v) is 6.33. The van der Waals surface area contributed by atoms with Gasteiger partial charge in [-0.05, 0) is 31.0 Å². The van der Waals surface area contributed by atoms with Crippen LogP contribution in [0, 0.1) is 5.82 Å². The number of ether oxygens (including phenoxy) is 1. The minimum atomic E-state index is -0.421. The van der Waals surface area contributed by atoms with Crippen molar-refractivity contribution < 1.29 is 13.9 Å². The van der Waals surface area contributed by atoms with Crippen LogP contribution in [0.2, 0.25) is 5.02 Å². The van der Waals surface area contributed by atoms with Crippen molar-refractivity contribution >= 4 is 23.3 Å². The van der Waals surface area contributed by atoms with E-state index in [0.717, 1.165) is 39.1 Å². The molecule has 1 aromatic carbocycles. The maximum absolute atomic E-state index is 13.3. The number of halogens is 2. The predicted molar refractivity (Wildman–Crippen MR) is 87.4 cm³/mol. The molecule has 0 atom stereocenters. The van der Waals surface area contributed by atoms with Gasteiger partial charge in [0.25, 0.3) is 0 Å². The lowest BCUT2D eigenvalue weighted by molar-refractivity contribution is 0.00419. The zero-order valence-electron chi connectivity index (χ0n) is 12.9. The van der Waals surface area contributed by atoms with Crippen molar-refractivity contribution in [3.8, 4) is 0 Å². The first-order valence-corrected chi connectivity index (χ1v) is 8.34. The molecule has 0 saturated carbocycles. The van der Waals surface area contributed by atoms with Crippen LogP contribution in [0.5, 0.6) is 0 Å². The first-order chi connectivity index (χ1) is 11.1. The van der Waals surface area contributed by atoms with Crippen molar-refractivity contribution in [1.82, 2.24) is 9.80 Å². The van der Waals surface area contributed by atoms with E-state index >= 15 is 0 Å². The lowest BCUT2D eigenvalue weighted by Gasteiger charge is -2.40. The number of likely N-dealkylation sites (tertiary alicyclic amines) is 1. The smallest absolute Gasteiger partial charge is 0.321 e. The third kappa shape index (κ3) is 4.13. The molecule has 0 bridgehead atoms. The molecule has 0 unspecified atom stereocenters. The van der Waals surface area contributed by atoms with E-state index in [9.17, 15) is 9.18 Å². The fourth-order valence-electron chi connectivity index (χ4n) is 3.16. The summed E-state index contributed by atoms with van der Waals surface area (Å²) in [4.78, 5) is 16.5. The average molecular weight is 342 g/mol. The summed E-state index contributed by atoms with van der Waals surface area (Å²) in [5, 5.41) is 3.03. The van der Waals surface area contributed by atoms with E-state index in [2.05, 4.69) is 10.2 Å². The van der Waals surface area contributed by atoms with Gasteiger partial charge in [0.2, 0.25) is 0 Å². The molecule has 2 heterocycles. The quantitative estimate of drug-likeness (QED) is 0.899. The van der Waals surface area contributed by atoms with Crippen LogP contribution in [0.25, 0.3) is 0 Å². The van der Waals surface area contributed by atoms with Gasteiger partial charge < -0.3 is 15.0 Å². The van der Waals surface area contributed by atoms with Crippen LogP contribution in [0.1, 0.15) is 12.8 Å². The van der Waals surface area contributed by atoms with Gasteiger partial charge in [-0.3, -0.25) is 4.90 Å². The number of benzene rings is 1. The topological polar surface area (TPSA) is 44.8 Å². The number of carbonyl (C=O) groups excluding carboxylic acids is 1. The number of piperidine rings is 1. The number of amides is 2. The highest BCUT2D eigenvalue weighted by molar-refractivity contribution is 6.33. The Balaban J connectivity index is 1.52. The SMILES string of the molecule is O=C(Nc1cc(F)ccc1Cl)N1CCC(N2CCOCC2)CC1. The summed E-state index contributed by atoms with van der Waals surface area (Å²) in [6, 6.07) is 4.24. The normalized spacial score (nSPS) is 20.5. The summed E-state index contributed by atoms with van der Waals surface area (Å²) >= 11 is 5.99. The summed E-state index contributed by atoms with van der Waals surface area (Å²) < 4.78 is 18.6. The van der Waals surface area contributed by atoms with Crippen molar-refractivity contribution in [3.63, 3.8) is 0 Å². The van der Waals surface area contributed by atoms with Gasteiger partial charge in [0.05, 0.1) is 23.9 Å². The van der Waals surface area contributed by atoms with E-state index in [-0.39, 0.29) is 6.03 Å². The fraction of sp³-hybridized carbons (Fsp3) is 0.562. The van der Waals surface area contributed by atoms with Crippen LogP contribution in [-0.4, -0.2) is 61.3 Å². The third-order valence-corrected chi connectivity index (χ3v) is 4.81. The molecule has 0 radical (unpaired) electrons. The molecule has 2 aliphatic heterocycles. The molecule has 23 heavy (non-hydrogen) atoms. The first-order valence-electron chi connectivity index (χ1n) is 7.96. The van der Waals surface area contributed by atoms with Gasteiger partial charge in [-0.15, -0.1) is 0 Å². The van der Waals surface area contributed by atoms with E-state index in [1.54, 1.807) is 4.90 Å².